The van der Waals surface area contributed by atoms with Crippen molar-refractivity contribution < 1.29 is 0 Å². The zero-order valence-electron chi connectivity index (χ0n) is 15.5. The summed E-state index contributed by atoms with van der Waals surface area (Å²) in [6.45, 7) is 10.6. The third kappa shape index (κ3) is 7.03. The first-order valence-electron chi connectivity index (χ1n) is 9.09. The van der Waals surface area contributed by atoms with Gasteiger partial charge >= 0.3 is 0 Å². The average molecular weight is 318 g/mol. The minimum absolute atomic E-state index is 0.341. The van der Waals surface area contributed by atoms with E-state index >= 15 is 0 Å². The van der Waals surface area contributed by atoms with E-state index in [0.29, 0.717) is 11.5 Å². The van der Waals surface area contributed by atoms with Gasteiger partial charge < -0.3 is 15.1 Å². The van der Waals surface area contributed by atoms with Gasteiger partial charge in [0.1, 0.15) is 0 Å². The zero-order chi connectivity index (χ0) is 16.7. The Morgan fingerprint density at radius 2 is 1.78 bits per heavy atom. The number of nitrogens with zero attached hydrogens (tertiary/aromatic N) is 2. The van der Waals surface area contributed by atoms with Crippen molar-refractivity contribution in [1.82, 2.24) is 15.1 Å². The minimum atomic E-state index is 0.341. The monoisotopic (exact) mass is 317 g/mol. The van der Waals surface area contributed by atoms with E-state index in [4.69, 9.17) is 0 Å². The first kappa shape index (κ1) is 18.4. The molecule has 1 heterocycles. The van der Waals surface area contributed by atoms with Crippen LogP contribution in [0.1, 0.15) is 32.3 Å². The van der Waals surface area contributed by atoms with E-state index in [1.807, 2.05) is 0 Å². The number of nitrogens with one attached hydrogen (secondary N) is 1. The van der Waals surface area contributed by atoms with Crippen LogP contribution in [0.15, 0.2) is 30.3 Å². The SMILES string of the molecule is CN(C)CC(C)(C)CNC1CCN(CCc2ccccc2)CC1. The molecule has 3 nitrogen and oxygen atoms in total. The Morgan fingerprint density at radius 3 is 2.39 bits per heavy atom. The fourth-order valence-corrected chi connectivity index (χ4v) is 3.63. The second kappa shape index (κ2) is 8.81. The Morgan fingerprint density at radius 1 is 1.13 bits per heavy atom. The van der Waals surface area contributed by atoms with Gasteiger partial charge in [0.15, 0.2) is 0 Å². The molecule has 0 amide bonds. The summed E-state index contributed by atoms with van der Waals surface area (Å²) < 4.78 is 0. The van der Waals surface area contributed by atoms with E-state index in [2.05, 4.69) is 73.4 Å². The van der Waals surface area contributed by atoms with Crippen LogP contribution in [0.3, 0.4) is 0 Å². The van der Waals surface area contributed by atoms with Gasteiger partial charge in [-0.3, -0.25) is 0 Å². The van der Waals surface area contributed by atoms with Gasteiger partial charge in [0, 0.05) is 25.7 Å². The molecule has 1 fully saturated rings. The van der Waals surface area contributed by atoms with Gasteiger partial charge in [-0.2, -0.15) is 0 Å². The number of likely N-dealkylation sites (tertiary alicyclic amines) is 1. The van der Waals surface area contributed by atoms with Crippen molar-refractivity contribution in [2.75, 3.05) is 46.8 Å². The van der Waals surface area contributed by atoms with Crippen LogP contribution in [-0.4, -0.2) is 62.7 Å². The van der Waals surface area contributed by atoms with Crippen molar-refractivity contribution in [1.29, 1.82) is 0 Å². The van der Waals surface area contributed by atoms with Crippen LogP contribution in [0.4, 0.5) is 0 Å². The Balaban J connectivity index is 1.64. The van der Waals surface area contributed by atoms with E-state index < -0.39 is 0 Å². The Labute approximate surface area is 143 Å². The number of hydrogen-bond donors (Lipinski definition) is 1. The summed E-state index contributed by atoms with van der Waals surface area (Å²) in [4.78, 5) is 4.91. The van der Waals surface area contributed by atoms with Gasteiger partial charge in [0.25, 0.3) is 0 Å². The largest absolute Gasteiger partial charge is 0.313 e. The van der Waals surface area contributed by atoms with Crippen molar-refractivity contribution in [2.24, 2.45) is 5.41 Å². The highest BCUT2D eigenvalue weighted by atomic mass is 15.1. The van der Waals surface area contributed by atoms with Crippen LogP contribution in [0.25, 0.3) is 0 Å². The average Bonchev–Trinajstić information content (AvgIpc) is 2.52. The van der Waals surface area contributed by atoms with Gasteiger partial charge in [-0.15, -0.1) is 0 Å². The van der Waals surface area contributed by atoms with Gasteiger partial charge in [0.2, 0.25) is 0 Å². The molecule has 0 atom stereocenters. The maximum atomic E-state index is 3.81. The fraction of sp³-hybridized carbons (Fsp3) is 0.700. The molecule has 1 N–H and O–H groups in total. The third-order valence-corrected chi connectivity index (χ3v) is 4.76. The van der Waals surface area contributed by atoms with Crippen molar-refractivity contribution in [3.63, 3.8) is 0 Å². The van der Waals surface area contributed by atoms with Gasteiger partial charge in [-0.1, -0.05) is 44.2 Å². The smallest absolute Gasteiger partial charge is 0.00916 e. The van der Waals surface area contributed by atoms with Crippen LogP contribution < -0.4 is 5.32 Å². The first-order chi connectivity index (χ1) is 10.9. The molecule has 3 heteroatoms. The molecular formula is C20H35N3. The Bertz CT molecular complexity index is 433. The number of piperidine rings is 1. The van der Waals surface area contributed by atoms with E-state index in [-0.39, 0.29) is 0 Å². The number of rotatable bonds is 8. The van der Waals surface area contributed by atoms with Crippen LogP contribution in [0.2, 0.25) is 0 Å². The lowest BCUT2D eigenvalue weighted by Gasteiger charge is -2.35. The number of hydrogen-bond acceptors (Lipinski definition) is 3. The highest BCUT2D eigenvalue weighted by molar-refractivity contribution is 5.14. The maximum absolute atomic E-state index is 3.81. The summed E-state index contributed by atoms with van der Waals surface area (Å²) in [5.74, 6) is 0. The van der Waals surface area contributed by atoms with Crippen LogP contribution in [-0.2, 0) is 6.42 Å². The molecule has 0 radical (unpaired) electrons. The molecule has 1 aliphatic heterocycles. The van der Waals surface area contributed by atoms with Crippen LogP contribution in [0, 0.1) is 5.41 Å². The molecule has 0 unspecified atom stereocenters. The van der Waals surface area contributed by atoms with Crippen molar-refractivity contribution >= 4 is 0 Å². The van der Waals surface area contributed by atoms with Crippen molar-refractivity contribution in [2.45, 2.75) is 39.2 Å². The quantitative estimate of drug-likeness (QED) is 0.795. The van der Waals surface area contributed by atoms with E-state index in [1.54, 1.807) is 0 Å². The summed E-state index contributed by atoms with van der Waals surface area (Å²) in [6, 6.07) is 11.5. The maximum Gasteiger partial charge on any atom is 0.00916 e. The molecule has 0 spiro atoms. The summed E-state index contributed by atoms with van der Waals surface area (Å²) in [7, 11) is 4.32. The summed E-state index contributed by atoms with van der Waals surface area (Å²) in [5, 5.41) is 3.81. The summed E-state index contributed by atoms with van der Waals surface area (Å²) >= 11 is 0. The molecule has 1 aromatic carbocycles. The standard InChI is InChI=1S/C20H35N3/c1-20(2,17-22(3)4)16-21-19-11-14-23(15-12-19)13-10-18-8-6-5-7-9-18/h5-9,19,21H,10-17H2,1-4H3. The Hall–Kier alpha value is -0.900. The predicted molar refractivity (Wildman–Crippen MR) is 99.9 cm³/mol. The van der Waals surface area contributed by atoms with Crippen LogP contribution >= 0.6 is 0 Å². The summed E-state index contributed by atoms with van der Waals surface area (Å²) in [5.41, 5.74) is 1.80. The second-order valence-electron chi connectivity index (χ2n) is 8.13. The highest BCUT2D eigenvalue weighted by Gasteiger charge is 2.23. The third-order valence-electron chi connectivity index (χ3n) is 4.76. The van der Waals surface area contributed by atoms with E-state index in [0.717, 1.165) is 13.1 Å². The molecule has 23 heavy (non-hydrogen) atoms. The lowest BCUT2D eigenvalue weighted by atomic mass is 9.92. The molecular weight excluding hydrogens is 282 g/mol. The molecule has 0 saturated carbocycles. The lowest BCUT2D eigenvalue weighted by molar-refractivity contribution is 0.177. The van der Waals surface area contributed by atoms with Gasteiger partial charge in [0.05, 0.1) is 0 Å². The molecule has 1 saturated heterocycles. The normalized spacial score (nSPS) is 17.8. The highest BCUT2D eigenvalue weighted by Crippen LogP contribution is 2.17. The molecule has 1 aromatic rings. The fourth-order valence-electron chi connectivity index (χ4n) is 3.63. The number of benzene rings is 1. The second-order valence-corrected chi connectivity index (χ2v) is 8.13. The van der Waals surface area contributed by atoms with Crippen molar-refractivity contribution in [3.05, 3.63) is 35.9 Å². The lowest BCUT2D eigenvalue weighted by Crippen LogP contribution is -2.47. The van der Waals surface area contributed by atoms with Crippen molar-refractivity contribution in [3.8, 4) is 0 Å². The molecule has 0 bridgehead atoms. The van der Waals surface area contributed by atoms with Crippen LogP contribution in [0.5, 0.6) is 0 Å². The molecule has 130 valence electrons. The molecule has 1 aliphatic rings. The van der Waals surface area contributed by atoms with E-state index in [1.165, 1.54) is 44.5 Å². The van der Waals surface area contributed by atoms with Gasteiger partial charge in [-0.05, 0) is 57.4 Å². The predicted octanol–water partition coefficient (Wildman–Crippen LogP) is 2.87. The summed E-state index contributed by atoms with van der Waals surface area (Å²) in [6.07, 6.45) is 3.74. The zero-order valence-corrected chi connectivity index (χ0v) is 15.5. The molecule has 0 aliphatic carbocycles. The van der Waals surface area contributed by atoms with Gasteiger partial charge in [-0.25, -0.2) is 0 Å². The molecule has 2 rings (SSSR count). The minimum Gasteiger partial charge on any atom is -0.313 e. The first-order valence-corrected chi connectivity index (χ1v) is 9.09. The topological polar surface area (TPSA) is 18.5 Å². The Kier molecular flexibility index (Phi) is 7.07. The molecule has 0 aromatic heterocycles. The van der Waals surface area contributed by atoms with E-state index in [9.17, 15) is 0 Å².